The number of ether oxygens (including phenoxy) is 2. The Labute approximate surface area is 270 Å². The van der Waals surface area contributed by atoms with Gasteiger partial charge in [0.2, 0.25) is 10.0 Å². The maximum Gasteiger partial charge on any atom is 0.302 e. The fourth-order valence-corrected chi connectivity index (χ4v) is 6.29. The minimum absolute atomic E-state index is 0. The van der Waals surface area contributed by atoms with Gasteiger partial charge < -0.3 is 20.1 Å². The predicted molar refractivity (Wildman–Crippen MR) is 177 cm³/mol. The van der Waals surface area contributed by atoms with Crippen molar-refractivity contribution in [2.45, 2.75) is 38.7 Å². The molecule has 10 nitrogen and oxygen atoms in total. The van der Waals surface area contributed by atoms with Gasteiger partial charge in [-0.05, 0) is 36.2 Å². The third kappa shape index (κ3) is 10.3. The molecule has 0 radical (unpaired) electrons. The van der Waals surface area contributed by atoms with E-state index < -0.39 is 16.0 Å². The number of nitrogen functional groups attached to an aromatic ring is 1. The van der Waals surface area contributed by atoms with Crippen LogP contribution in [0.1, 0.15) is 43.7 Å². The van der Waals surface area contributed by atoms with Gasteiger partial charge in [-0.1, -0.05) is 42.0 Å². The summed E-state index contributed by atoms with van der Waals surface area (Å²) >= 11 is 6.60. The number of nitrogens with zero attached hydrogens (tertiary/aromatic N) is 3. The van der Waals surface area contributed by atoms with E-state index in [1.54, 1.807) is 48.6 Å². The Morgan fingerprint density at radius 3 is 2.58 bits per heavy atom. The molecule has 236 valence electrons. The number of carbonyl (C=O) groups excluding carboxylic acids is 1. The van der Waals surface area contributed by atoms with E-state index in [0.717, 1.165) is 50.9 Å². The Kier molecular flexibility index (Phi) is 14.1. The van der Waals surface area contributed by atoms with E-state index in [-0.39, 0.29) is 55.7 Å². The summed E-state index contributed by atoms with van der Waals surface area (Å²) in [4.78, 5) is 18.1. The Balaban J connectivity index is 0.00000323. The monoisotopic (exact) mass is 673 g/mol. The van der Waals surface area contributed by atoms with Gasteiger partial charge in [-0.2, -0.15) is 0 Å². The summed E-state index contributed by atoms with van der Waals surface area (Å²) in [5.74, 6) is 0.701. The van der Waals surface area contributed by atoms with E-state index in [2.05, 4.69) is 9.89 Å². The maximum absolute atomic E-state index is 13.3. The number of amidine groups is 2. The summed E-state index contributed by atoms with van der Waals surface area (Å²) in [6.07, 6.45) is 7.32. The fourth-order valence-electron chi connectivity index (χ4n) is 4.81. The number of esters is 1. The molecular weight excluding hydrogens is 637 g/mol. The molecule has 0 aromatic heterocycles. The number of nitrogens with one attached hydrogen (secondary N) is 1. The van der Waals surface area contributed by atoms with Crippen LogP contribution in [0.5, 0.6) is 5.75 Å². The average Bonchev–Trinajstić information content (AvgIpc) is 3.48. The lowest BCUT2D eigenvalue weighted by atomic mass is 10.1. The first-order valence-electron chi connectivity index (χ1n) is 13.6. The number of carbonyl (C=O) groups is 1. The molecule has 1 saturated heterocycles. The second-order valence-corrected chi connectivity index (χ2v) is 12.4. The summed E-state index contributed by atoms with van der Waals surface area (Å²) in [7, 11) is -3.88. The summed E-state index contributed by atoms with van der Waals surface area (Å²) in [6, 6.07) is 12.0. The number of hydrogen-bond acceptors (Lipinski definition) is 8. The molecule has 43 heavy (non-hydrogen) atoms. The highest BCUT2D eigenvalue weighted by atomic mass is 35.5. The highest BCUT2D eigenvalue weighted by Crippen LogP contribution is 2.33. The van der Waals surface area contributed by atoms with Crippen molar-refractivity contribution in [1.82, 2.24) is 4.90 Å². The highest BCUT2D eigenvalue weighted by Gasteiger charge is 2.26. The van der Waals surface area contributed by atoms with Crippen molar-refractivity contribution < 1.29 is 22.7 Å². The maximum atomic E-state index is 13.3. The highest BCUT2D eigenvalue weighted by molar-refractivity contribution is 7.92. The zero-order chi connectivity index (χ0) is 29.4. The van der Waals surface area contributed by atoms with Crippen LogP contribution in [0.15, 0.2) is 53.5 Å². The van der Waals surface area contributed by atoms with Gasteiger partial charge in [-0.3, -0.25) is 19.5 Å². The van der Waals surface area contributed by atoms with E-state index in [4.69, 9.17) is 32.2 Å². The van der Waals surface area contributed by atoms with Crippen LogP contribution in [0.3, 0.4) is 0 Å². The summed E-state index contributed by atoms with van der Waals surface area (Å²) in [5.41, 5.74) is 7.28. The van der Waals surface area contributed by atoms with Gasteiger partial charge in [-0.25, -0.2) is 8.42 Å². The van der Waals surface area contributed by atoms with Crippen LogP contribution in [0, 0.1) is 5.41 Å². The van der Waals surface area contributed by atoms with Gasteiger partial charge in [0.15, 0.2) is 0 Å². The molecule has 0 saturated carbocycles. The summed E-state index contributed by atoms with van der Waals surface area (Å²) < 4.78 is 39.0. The Morgan fingerprint density at radius 1 is 1.21 bits per heavy atom. The van der Waals surface area contributed by atoms with Crippen LogP contribution in [0.4, 0.5) is 5.69 Å². The van der Waals surface area contributed by atoms with Crippen molar-refractivity contribution in [3.8, 4) is 5.75 Å². The molecule has 2 aliphatic heterocycles. The van der Waals surface area contributed by atoms with Crippen LogP contribution < -0.4 is 14.8 Å². The Bertz CT molecular complexity index is 1430. The third-order valence-electron chi connectivity index (χ3n) is 6.92. The molecule has 0 atom stereocenters. The molecular formula is C29H38Cl3N5O5S. The third-order valence-corrected chi connectivity index (χ3v) is 8.93. The van der Waals surface area contributed by atoms with Gasteiger partial charge in [0.1, 0.15) is 30.0 Å². The molecule has 0 bridgehead atoms. The smallest absolute Gasteiger partial charge is 0.302 e. The predicted octanol–water partition coefficient (Wildman–Crippen LogP) is 4.92. The molecule has 0 amide bonds. The number of piperidine rings is 1. The van der Waals surface area contributed by atoms with Crippen LogP contribution in [-0.4, -0.2) is 75.6 Å². The first-order chi connectivity index (χ1) is 19.6. The lowest BCUT2D eigenvalue weighted by molar-refractivity contribution is -0.140. The van der Waals surface area contributed by atoms with Gasteiger partial charge in [0.25, 0.3) is 0 Å². The Hall–Kier alpha value is -2.99. The molecule has 1 fully saturated rings. The molecule has 14 heteroatoms. The molecule has 2 aromatic rings. The van der Waals surface area contributed by atoms with E-state index in [1.165, 1.54) is 17.1 Å². The molecule has 0 aliphatic carbocycles. The van der Waals surface area contributed by atoms with Gasteiger partial charge in [-0.15, -0.1) is 24.8 Å². The number of rotatable bonds is 11. The minimum Gasteiger partial charge on any atom is -0.489 e. The second-order valence-electron chi connectivity index (χ2n) is 9.95. The second kappa shape index (κ2) is 16.7. The summed E-state index contributed by atoms with van der Waals surface area (Å²) in [5, 5.41) is 7.94. The Morgan fingerprint density at radius 2 is 1.95 bits per heavy atom. The van der Waals surface area contributed by atoms with Gasteiger partial charge in [0.05, 0.1) is 23.1 Å². The van der Waals surface area contributed by atoms with Gasteiger partial charge >= 0.3 is 5.97 Å². The molecule has 4 rings (SSSR count). The number of halogens is 3. The molecule has 2 aromatic carbocycles. The molecule has 0 spiro atoms. The standard InChI is InChI=1S/C29H36ClN5O5S.2ClH/c1-21(36)39-17-18-41(37,38)35(14-4-6-22-5-2-7-23(19-22)29(31)32)24-9-10-27(26(30)20-24)40-25-11-15-34(16-12-25)28-8-3-13-33-28;;/h2,4-7,9-10,19-20,25H,3,8,11-18H2,1H3,(H3,31,32);2*1H/b6-4+;;. The minimum atomic E-state index is -3.88. The molecule has 0 unspecified atom stereocenters. The van der Waals surface area contributed by atoms with Crippen molar-refractivity contribution in [3.05, 3.63) is 64.7 Å². The number of sulfonamides is 1. The normalized spacial score (nSPS) is 15.3. The van der Waals surface area contributed by atoms with Crippen molar-refractivity contribution in [2.75, 3.05) is 42.8 Å². The van der Waals surface area contributed by atoms with Crippen LogP contribution in [-0.2, 0) is 19.6 Å². The SMILES string of the molecule is CC(=O)OCCS(=O)(=O)N(C/C=C/c1cccc(C(=N)N)c1)c1ccc(OC2CCN(C3=NCCC3)CC2)c(Cl)c1.Cl.Cl. The average molecular weight is 675 g/mol. The molecule has 2 heterocycles. The van der Waals surface area contributed by atoms with Crippen LogP contribution in [0.2, 0.25) is 5.02 Å². The number of hydrogen-bond donors (Lipinski definition) is 2. The topological polar surface area (TPSA) is 138 Å². The lowest BCUT2D eigenvalue weighted by Crippen LogP contribution is -2.41. The molecule has 3 N–H and O–H groups in total. The van der Waals surface area contributed by atoms with Crippen molar-refractivity contribution in [3.63, 3.8) is 0 Å². The quantitative estimate of drug-likeness (QED) is 0.196. The number of aliphatic imine (C=N–C) groups is 1. The summed E-state index contributed by atoms with van der Waals surface area (Å²) in [6.45, 7) is 3.65. The lowest BCUT2D eigenvalue weighted by Gasteiger charge is -2.33. The van der Waals surface area contributed by atoms with Crippen molar-refractivity contribution >= 4 is 75.8 Å². The van der Waals surface area contributed by atoms with Crippen molar-refractivity contribution in [1.29, 1.82) is 5.41 Å². The van der Waals surface area contributed by atoms with Crippen LogP contribution >= 0.6 is 36.4 Å². The number of benzene rings is 2. The van der Waals surface area contributed by atoms with E-state index >= 15 is 0 Å². The van der Waals surface area contributed by atoms with Crippen LogP contribution in [0.25, 0.3) is 6.08 Å². The first-order valence-corrected chi connectivity index (χ1v) is 15.6. The zero-order valence-corrected chi connectivity index (χ0v) is 27.1. The van der Waals surface area contributed by atoms with Gasteiger partial charge in [0, 0.05) is 51.4 Å². The van der Waals surface area contributed by atoms with E-state index in [1.807, 2.05) is 6.07 Å². The van der Waals surface area contributed by atoms with Crippen molar-refractivity contribution in [2.24, 2.45) is 10.7 Å². The fraction of sp³-hybridized carbons (Fsp3) is 0.414. The van der Waals surface area contributed by atoms with E-state index in [9.17, 15) is 13.2 Å². The van der Waals surface area contributed by atoms with E-state index in [0.29, 0.717) is 22.0 Å². The number of nitrogens with two attached hydrogens (primary N) is 1. The molecule has 2 aliphatic rings. The number of likely N-dealkylation sites (tertiary alicyclic amines) is 1. The zero-order valence-electron chi connectivity index (χ0n) is 23.9. The number of anilines is 1. The first kappa shape index (κ1) is 36.2. The largest absolute Gasteiger partial charge is 0.489 e.